The molecule has 7 heteroatoms. The SMILES string of the molecule is CCN(CCCCl)S(=O)(=O)c1cn(C)c(C)n1. The highest BCUT2D eigenvalue weighted by Gasteiger charge is 2.25. The number of aryl methyl sites for hydroxylation is 2. The Balaban J connectivity index is 2.99. The summed E-state index contributed by atoms with van der Waals surface area (Å²) in [5, 5.41) is 0.105. The van der Waals surface area contributed by atoms with Crippen LogP contribution in [0.4, 0.5) is 0 Å². The summed E-state index contributed by atoms with van der Waals surface area (Å²) in [5.74, 6) is 1.13. The topological polar surface area (TPSA) is 55.2 Å². The van der Waals surface area contributed by atoms with E-state index in [2.05, 4.69) is 4.98 Å². The molecule has 0 aliphatic carbocycles. The van der Waals surface area contributed by atoms with Crippen molar-refractivity contribution in [1.82, 2.24) is 13.9 Å². The van der Waals surface area contributed by atoms with Crippen LogP contribution in [0.2, 0.25) is 0 Å². The van der Waals surface area contributed by atoms with Crippen molar-refractivity contribution in [3.8, 4) is 0 Å². The first-order valence-electron chi connectivity index (χ1n) is 5.49. The number of alkyl halides is 1. The quantitative estimate of drug-likeness (QED) is 0.739. The van der Waals surface area contributed by atoms with E-state index in [4.69, 9.17) is 11.6 Å². The van der Waals surface area contributed by atoms with Crippen LogP contribution in [0.15, 0.2) is 11.2 Å². The molecule has 0 aromatic carbocycles. The van der Waals surface area contributed by atoms with Crippen LogP contribution in [-0.2, 0) is 17.1 Å². The summed E-state index contributed by atoms with van der Waals surface area (Å²) >= 11 is 5.59. The van der Waals surface area contributed by atoms with Crippen molar-refractivity contribution in [3.05, 3.63) is 12.0 Å². The number of halogens is 1. The fourth-order valence-corrected chi connectivity index (χ4v) is 3.10. The van der Waals surface area contributed by atoms with Gasteiger partial charge in [0, 0.05) is 32.2 Å². The van der Waals surface area contributed by atoms with Gasteiger partial charge in [0.25, 0.3) is 10.0 Å². The van der Waals surface area contributed by atoms with Gasteiger partial charge in [-0.3, -0.25) is 0 Å². The van der Waals surface area contributed by atoms with Gasteiger partial charge in [0.1, 0.15) is 5.82 Å². The summed E-state index contributed by atoms with van der Waals surface area (Å²) < 4.78 is 27.6. The molecule has 1 aromatic rings. The number of sulfonamides is 1. The monoisotopic (exact) mass is 279 g/mol. The number of hydrogen-bond donors (Lipinski definition) is 0. The number of rotatable bonds is 6. The number of nitrogens with zero attached hydrogens (tertiary/aromatic N) is 3. The smallest absolute Gasteiger partial charge is 0.262 e. The number of imidazole rings is 1. The van der Waals surface area contributed by atoms with Crippen LogP contribution in [0.1, 0.15) is 19.2 Å². The molecule has 98 valence electrons. The zero-order valence-corrected chi connectivity index (χ0v) is 11.9. The minimum absolute atomic E-state index is 0.105. The Morgan fingerprint density at radius 2 is 2.18 bits per heavy atom. The minimum Gasteiger partial charge on any atom is -0.337 e. The summed E-state index contributed by atoms with van der Waals surface area (Å²) in [6, 6.07) is 0. The molecule has 0 N–H and O–H groups in total. The molecule has 0 aliphatic rings. The largest absolute Gasteiger partial charge is 0.337 e. The van der Waals surface area contributed by atoms with Crippen LogP contribution < -0.4 is 0 Å². The molecule has 0 aliphatic heterocycles. The lowest BCUT2D eigenvalue weighted by molar-refractivity contribution is 0.426. The maximum atomic E-state index is 12.2. The first-order valence-corrected chi connectivity index (χ1v) is 7.47. The van der Waals surface area contributed by atoms with Gasteiger partial charge in [-0.05, 0) is 13.3 Å². The van der Waals surface area contributed by atoms with Crippen molar-refractivity contribution in [3.63, 3.8) is 0 Å². The van der Waals surface area contributed by atoms with Crippen molar-refractivity contribution in [2.75, 3.05) is 19.0 Å². The Labute approximate surface area is 107 Å². The lowest BCUT2D eigenvalue weighted by Crippen LogP contribution is -2.32. The second-order valence-corrected chi connectivity index (χ2v) is 6.04. The summed E-state index contributed by atoms with van der Waals surface area (Å²) in [4.78, 5) is 4.06. The van der Waals surface area contributed by atoms with Crippen molar-refractivity contribution in [2.24, 2.45) is 7.05 Å². The Bertz CT molecular complexity index is 450. The summed E-state index contributed by atoms with van der Waals surface area (Å²) in [6.07, 6.45) is 2.18. The third kappa shape index (κ3) is 3.20. The zero-order chi connectivity index (χ0) is 13.1. The van der Waals surface area contributed by atoms with Crippen molar-refractivity contribution in [1.29, 1.82) is 0 Å². The molecule has 0 fully saturated rings. The van der Waals surface area contributed by atoms with Gasteiger partial charge in [0.15, 0.2) is 5.03 Å². The first-order chi connectivity index (χ1) is 7.93. The van der Waals surface area contributed by atoms with Crippen LogP contribution in [0.5, 0.6) is 0 Å². The highest BCUT2D eigenvalue weighted by atomic mass is 35.5. The molecule has 0 saturated heterocycles. The highest BCUT2D eigenvalue weighted by molar-refractivity contribution is 7.89. The van der Waals surface area contributed by atoms with Gasteiger partial charge in [-0.25, -0.2) is 13.4 Å². The lowest BCUT2D eigenvalue weighted by atomic mass is 10.5. The third-order valence-corrected chi connectivity index (χ3v) is 4.70. The molecule has 0 spiro atoms. The Kier molecular flexibility index (Phi) is 4.97. The maximum absolute atomic E-state index is 12.2. The molecule has 1 aromatic heterocycles. The van der Waals surface area contributed by atoms with Gasteiger partial charge >= 0.3 is 0 Å². The molecule has 0 atom stereocenters. The van der Waals surface area contributed by atoms with Crippen LogP contribution in [0.3, 0.4) is 0 Å². The second kappa shape index (κ2) is 5.84. The second-order valence-electron chi connectivity index (χ2n) is 3.78. The molecule has 1 heterocycles. The van der Waals surface area contributed by atoms with Gasteiger partial charge < -0.3 is 4.57 Å². The van der Waals surface area contributed by atoms with E-state index in [0.717, 1.165) is 0 Å². The normalized spacial score (nSPS) is 12.3. The van der Waals surface area contributed by atoms with Gasteiger partial charge in [0.2, 0.25) is 0 Å². The van der Waals surface area contributed by atoms with E-state index in [-0.39, 0.29) is 5.03 Å². The predicted octanol–water partition coefficient (Wildman–Crippen LogP) is 1.37. The Morgan fingerprint density at radius 3 is 2.59 bits per heavy atom. The Hall–Kier alpha value is -0.590. The van der Waals surface area contributed by atoms with E-state index in [1.54, 1.807) is 18.5 Å². The molecule has 1 rings (SSSR count). The lowest BCUT2D eigenvalue weighted by Gasteiger charge is -2.18. The van der Waals surface area contributed by atoms with E-state index in [0.29, 0.717) is 31.2 Å². The Morgan fingerprint density at radius 1 is 1.53 bits per heavy atom. The van der Waals surface area contributed by atoms with Gasteiger partial charge in [-0.1, -0.05) is 6.92 Å². The van der Waals surface area contributed by atoms with E-state index in [1.165, 1.54) is 10.5 Å². The molecule has 0 saturated carbocycles. The standard InChI is InChI=1S/C10H18ClN3O2S/c1-4-14(7-5-6-11)17(15,16)10-8-13(3)9(2)12-10/h8H,4-7H2,1-3H3. The molecule has 0 radical (unpaired) electrons. The molecule has 0 bridgehead atoms. The zero-order valence-electron chi connectivity index (χ0n) is 10.4. The maximum Gasteiger partial charge on any atom is 0.262 e. The van der Waals surface area contributed by atoms with E-state index in [1.807, 2.05) is 6.92 Å². The molecule has 17 heavy (non-hydrogen) atoms. The van der Waals surface area contributed by atoms with E-state index < -0.39 is 10.0 Å². The van der Waals surface area contributed by atoms with Crippen molar-refractivity contribution < 1.29 is 8.42 Å². The predicted molar refractivity (Wildman–Crippen MR) is 67.7 cm³/mol. The fourth-order valence-electron chi connectivity index (χ4n) is 1.47. The average molecular weight is 280 g/mol. The van der Waals surface area contributed by atoms with Crippen LogP contribution in [0, 0.1) is 6.92 Å². The van der Waals surface area contributed by atoms with Gasteiger partial charge in [-0.15, -0.1) is 11.6 Å². The number of hydrogen-bond acceptors (Lipinski definition) is 3. The van der Waals surface area contributed by atoms with Crippen LogP contribution in [0.25, 0.3) is 0 Å². The summed E-state index contributed by atoms with van der Waals surface area (Å²) in [7, 11) is -1.71. The summed E-state index contributed by atoms with van der Waals surface area (Å²) in [6.45, 7) is 4.43. The minimum atomic E-state index is -3.48. The molecular formula is C10H18ClN3O2S. The van der Waals surface area contributed by atoms with E-state index in [9.17, 15) is 8.42 Å². The molecule has 5 nitrogen and oxygen atoms in total. The molecular weight excluding hydrogens is 262 g/mol. The summed E-state index contributed by atoms with van der Waals surface area (Å²) in [5.41, 5.74) is 0. The average Bonchev–Trinajstić information content (AvgIpc) is 2.61. The van der Waals surface area contributed by atoms with Gasteiger partial charge in [-0.2, -0.15) is 4.31 Å². The number of aromatic nitrogens is 2. The third-order valence-electron chi connectivity index (χ3n) is 2.58. The van der Waals surface area contributed by atoms with Gasteiger partial charge in [0.05, 0.1) is 0 Å². The van der Waals surface area contributed by atoms with Crippen molar-refractivity contribution >= 4 is 21.6 Å². The van der Waals surface area contributed by atoms with E-state index >= 15 is 0 Å². The van der Waals surface area contributed by atoms with Crippen LogP contribution in [-0.4, -0.2) is 41.2 Å². The highest BCUT2D eigenvalue weighted by Crippen LogP contribution is 2.14. The first kappa shape index (κ1) is 14.5. The van der Waals surface area contributed by atoms with Crippen LogP contribution >= 0.6 is 11.6 Å². The molecule has 0 amide bonds. The molecule has 0 unspecified atom stereocenters. The fraction of sp³-hybridized carbons (Fsp3) is 0.700. The van der Waals surface area contributed by atoms with Crippen molar-refractivity contribution in [2.45, 2.75) is 25.3 Å².